The molecule has 1 aliphatic rings. The molecule has 5 heteroatoms. The van der Waals surface area contributed by atoms with Gasteiger partial charge in [-0.15, -0.1) is 0 Å². The molecule has 1 fully saturated rings. The third-order valence-corrected chi connectivity index (χ3v) is 4.44. The highest BCUT2D eigenvalue weighted by molar-refractivity contribution is 5.96. The molecule has 0 unspecified atom stereocenters. The van der Waals surface area contributed by atoms with Crippen molar-refractivity contribution in [2.45, 2.75) is 19.8 Å². The summed E-state index contributed by atoms with van der Waals surface area (Å²) in [6.07, 6.45) is 3.79. The Balaban J connectivity index is 1.85. The number of carbonyl (C=O) groups excluding carboxylic acids is 1. The quantitative estimate of drug-likeness (QED) is 0.561. The van der Waals surface area contributed by atoms with E-state index in [1.165, 1.54) is 0 Å². The SMILES string of the molecule is CCNc1ccc(OC)cc1/C(C#N)=C/c1ccc(NC(=O)C2CC2)cc1. The lowest BCUT2D eigenvalue weighted by Gasteiger charge is -2.12. The van der Waals surface area contributed by atoms with E-state index >= 15 is 0 Å². The van der Waals surface area contributed by atoms with Gasteiger partial charge in [0.05, 0.1) is 18.8 Å². The summed E-state index contributed by atoms with van der Waals surface area (Å²) in [4.78, 5) is 11.8. The van der Waals surface area contributed by atoms with Crippen LogP contribution in [0.1, 0.15) is 30.9 Å². The number of nitrogens with one attached hydrogen (secondary N) is 2. The minimum atomic E-state index is 0.0858. The predicted molar refractivity (Wildman–Crippen MR) is 108 cm³/mol. The molecule has 1 amide bonds. The molecule has 0 aromatic heterocycles. The highest BCUT2D eigenvalue weighted by Gasteiger charge is 2.29. The Bertz CT molecular complexity index is 891. The summed E-state index contributed by atoms with van der Waals surface area (Å²) in [5, 5.41) is 15.9. The summed E-state index contributed by atoms with van der Waals surface area (Å²) in [7, 11) is 1.61. The molecule has 0 saturated heterocycles. The van der Waals surface area contributed by atoms with Crippen molar-refractivity contribution in [3.63, 3.8) is 0 Å². The van der Waals surface area contributed by atoms with E-state index in [0.717, 1.165) is 41.9 Å². The van der Waals surface area contributed by atoms with Gasteiger partial charge in [-0.3, -0.25) is 4.79 Å². The van der Waals surface area contributed by atoms with Crippen LogP contribution in [0.3, 0.4) is 0 Å². The van der Waals surface area contributed by atoms with Gasteiger partial charge in [0.25, 0.3) is 0 Å². The van der Waals surface area contributed by atoms with Gasteiger partial charge in [0.2, 0.25) is 5.91 Å². The molecule has 2 aromatic carbocycles. The van der Waals surface area contributed by atoms with Gasteiger partial charge < -0.3 is 15.4 Å². The zero-order valence-electron chi connectivity index (χ0n) is 15.6. The Morgan fingerprint density at radius 3 is 2.59 bits per heavy atom. The number of methoxy groups -OCH3 is 1. The summed E-state index contributed by atoms with van der Waals surface area (Å²) < 4.78 is 5.31. The van der Waals surface area contributed by atoms with E-state index in [-0.39, 0.29) is 11.8 Å². The van der Waals surface area contributed by atoms with Crippen LogP contribution < -0.4 is 15.4 Å². The van der Waals surface area contributed by atoms with E-state index < -0.39 is 0 Å². The Hall–Kier alpha value is -3.26. The Morgan fingerprint density at radius 2 is 2.00 bits per heavy atom. The molecule has 0 bridgehead atoms. The van der Waals surface area contributed by atoms with Crippen LogP contribution in [0.2, 0.25) is 0 Å². The lowest BCUT2D eigenvalue weighted by Crippen LogP contribution is -2.12. The van der Waals surface area contributed by atoms with Crippen LogP contribution in [0, 0.1) is 17.2 Å². The molecule has 0 radical (unpaired) electrons. The van der Waals surface area contributed by atoms with Crippen LogP contribution in [0.4, 0.5) is 11.4 Å². The first-order valence-electron chi connectivity index (χ1n) is 9.09. The second kappa shape index (κ2) is 8.41. The monoisotopic (exact) mass is 361 g/mol. The lowest BCUT2D eigenvalue weighted by molar-refractivity contribution is -0.117. The van der Waals surface area contributed by atoms with E-state index in [0.29, 0.717) is 11.3 Å². The van der Waals surface area contributed by atoms with Crippen LogP contribution in [-0.2, 0) is 4.79 Å². The summed E-state index contributed by atoms with van der Waals surface area (Å²) in [5.41, 5.74) is 3.89. The number of benzene rings is 2. The first kappa shape index (κ1) is 18.5. The maximum Gasteiger partial charge on any atom is 0.227 e. The second-order valence-electron chi connectivity index (χ2n) is 6.50. The molecule has 2 aromatic rings. The average molecular weight is 361 g/mol. The number of ether oxygens (including phenoxy) is 1. The predicted octanol–water partition coefficient (Wildman–Crippen LogP) is 4.54. The minimum absolute atomic E-state index is 0.0858. The van der Waals surface area contributed by atoms with Gasteiger partial charge in [-0.2, -0.15) is 5.26 Å². The average Bonchev–Trinajstić information content (AvgIpc) is 3.53. The van der Waals surface area contributed by atoms with Crippen LogP contribution in [-0.4, -0.2) is 19.6 Å². The molecule has 0 heterocycles. The molecule has 1 aliphatic carbocycles. The number of allylic oxidation sites excluding steroid dienone is 1. The molecule has 5 nitrogen and oxygen atoms in total. The lowest BCUT2D eigenvalue weighted by atomic mass is 10.0. The fraction of sp³-hybridized carbons (Fsp3) is 0.273. The highest BCUT2D eigenvalue weighted by atomic mass is 16.5. The molecule has 3 rings (SSSR count). The van der Waals surface area contributed by atoms with E-state index in [1.54, 1.807) is 7.11 Å². The van der Waals surface area contributed by atoms with Gasteiger partial charge in [0.1, 0.15) is 5.75 Å². The number of anilines is 2. The number of carbonyl (C=O) groups is 1. The van der Waals surface area contributed by atoms with Crippen molar-refractivity contribution in [1.29, 1.82) is 5.26 Å². The normalized spacial score (nSPS) is 13.6. The molecule has 0 spiro atoms. The summed E-state index contributed by atoms with van der Waals surface area (Å²) in [6, 6.07) is 15.4. The molecule has 0 aliphatic heterocycles. The van der Waals surface area contributed by atoms with Crippen molar-refractivity contribution in [3.8, 4) is 11.8 Å². The number of hydrogen-bond acceptors (Lipinski definition) is 4. The first-order valence-corrected chi connectivity index (χ1v) is 9.09. The van der Waals surface area contributed by atoms with Crippen LogP contribution in [0.25, 0.3) is 11.6 Å². The number of nitriles is 1. The Kier molecular flexibility index (Phi) is 5.77. The van der Waals surface area contributed by atoms with Gasteiger partial charge in [-0.25, -0.2) is 0 Å². The van der Waals surface area contributed by atoms with Gasteiger partial charge in [-0.05, 0) is 61.7 Å². The van der Waals surface area contributed by atoms with Crippen LogP contribution >= 0.6 is 0 Å². The van der Waals surface area contributed by atoms with E-state index in [1.807, 2.05) is 55.5 Å². The smallest absolute Gasteiger partial charge is 0.227 e. The highest BCUT2D eigenvalue weighted by Crippen LogP contribution is 2.31. The number of hydrogen-bond donors (Lipinski definition) is 2. The maximum atomic E-state index is 11.8. The minimum Gasteiger partial charge on any atom is -0.497 e. The number of nitrogens with zero attached hydrogens (tertiary/aromatic N) is 1. The third-order valence-electron chi connectivity index (χ3n) is 4.44. The summed E-state index contributed by atoms with van der Waals surface area (Å²) in [6.45, 7) is 2.77. The van der Waals surface area contributed by atoms with Gasteiger partial charge >= 0.3 is 0 Å². The molecular weight excluding hydrogens is 338 g/mol. The molecule has 138 valence electrons. The van der Waals surface area contributed by atoms with Crippen LogP contribution in [0.15, 0.2) is 42.5 Å². The van der Waals surface area contributed by atoms with Gasteiger partial charge in [-0.1, -0.05) is 12.1 Å². The Labute approximate surface area is 159 Å². The first-order chi connectivity index (χ1) is 13.1. The molecule has 2 N–H and O–H groups in total. The summed E-state index contributed by atoms with van der Waals surface area (Å²) in [5.74, 6) is 0.959. The molecule has 0 atom stereocenters. The molecule has 1 saturated carbocycles. The van der Waals surface area contributed by atoms with Gasteiger partial charge in [0, 0.05) is 29.4 Å². The standard InChI is InChI=1S/C22H23N3O2/c1-3-24-21-11-10-19(27-2)13-20(21)17(14-23)12-15-4-8-18(9-5-15)25-22(26)16-6-7-16/h4-5,8-13,16,24H,3,6-7H2,1-2H3,(H,25,26)/b17-12+. The van der Waals surface area contributed by atoms with Crippen LogP contribution in [0.5, 0.6) is 5.75 Å². The molecular formula is C22H23N3O2. The zero-order valence-corrected chi connectivity index (χ0v) is 15.6. The number of amides is 1. The van der Waals surface area contributed by atoms with Crippen molar-refractivity contribution in [3.05, 3.63) is 53.6 Å². The van der Waals surface area contributed by atoms with Crippen molar-refractivity contribution < 1.29 is 9.53 Å². The van der Waals surface area contributed by atoms with Crippen molar-refractivity contribution >= 4 is 28.9 Å². The largest absolute Gasteiger partial charge is 0.497 e. The van der Waals surface area contributed by atoms with E-state index in [9.17, 15) is 10.1 Å². The van der Waals surface area contributed by atoms with E-state index in [4.69, 9.17) is 4.74 Å². The zero-order chi connectivity index (χ0) is 19.2. The number of rotatable bonds is 7. The fourth-order valence-electron chi connectivity index (χ4n) is 2.81. The maximum absolute atomic E-state index is 11.8. The van der Waals surface area contributed by atoms with E-state index in [2.05, 4.69) is 16.7 Å². The fourth-order valence-corrected chi connectivity index (χ4v) is 2.81. The Morgan fingerprint density at radius 1 is 1.26 bits per heavy atom. The third kappa shape index (κ3) is 4.68. The second-order valence-corrected chi connectivity index (χ2v) is 6.50. The van der Waals surface area contributed by atoms with Gasteiger partial charge in [0.15, 0.2) is 0 Å². The molecule has 27 heavy (non-hydrogen) atoms. The topological polar surface area (TPSA) is 74.2 Å². The van der Waals surface area contributed by atoms with Crippen molar-refractivity contribution in [2.75, 3.05) is 24.3 Å². The summed E-state index contributed by atoms with van der Waals surface area (Å²) >= 11 is 0. The van der Waals surface area contributed by atoms with Crippen molar-refractivity contribution in [2.24, 2.45) is 5.92 Å². The van der Waals surface area contributed by atoms with Crippen molar-refractivity contribution in [1.82, 2.24) is 0 Å².